The van der Waals surface area contributed by atoms with Crippen molar-refractivity contribution in [2.45, 2.75) is 40.0 Å². The minimum atomic E-state index is 0.835. The molecule has 0 fully saturated rings. The molecular formula is C13H20O. The van der Waals surface area contributed by atoms with E-state index in [1.54, 1.807) is 0 Å². The Kier molecular flexibility index (Phi) is 4.51. The third-order valence-corrected chi connectivity index (χ3v) is 2.46. The Hall–Kier alpha value is -0.980. The molecule has 0 amide bonds. The molecule has 0 spiro atoms. The summed E-state index contributed by atoms with van der Waals surface area (Å²) in [7, 11) is 0. The topological polar surface area (TPSA) is 9.23 Å². The molecule has 1 heteroatoms. The molecular weight excluding hydrogens is 172 g/mol. The number of ether oxygens (including phenoxy) is 1. The fraction of sp³-hybridized carbons (Fsp3) is 0.538. The molecule has 0 radical (unpaired) electrons. The first-order chi connectivity index (χ1) is 6.77. The number of rotatable bonds is 5. The van der Waals surface area contributed by atoms with E-state index in [2.05, 4.69) is 39.0 Å². The Balaban J connectivity index is 2.57. The zero-order chi connectivity index (χ0) is 10.4. The lowest BCUT2D eigenvalue weighted by Gasteiger charge is -2.08. The van der Waals surface area contributed by atoms with E-state index in [1.165, 1.54) is 17.5 Å². The van der Waals surface area contributed by atoms with Gasteiger partial charge in [0.25, 0.3) is 0 Å². The molecule has 1 rings (SSSR count). The van der Waals surface area contributed by atoms with Gasteiger partial charge in [0, 0.05) is 0 Å². The zero-order valence-electron chi connectivity index (χ0n) is 9.47. The molecule has 0 aliphatic heterocycles. The monoisotopic (exact) mass is 192 g/mol. The molecule has 0 saturated carbocycles. The highest BCUT2D eigenvalue weighted by Crippen LogP contribution is 2.17. The summed E-state index contributed by atoms with van der Waals surface area (Å²) in [6.07, 6.45) is 3.42. The molecule has 14 heavy (non-hydrogen) atoms. The molecule has 0 bridgehead atoms. The quantitative estimate of drug-likeness (QED) is 0.646. The zero-order valence-corrected chi connectivity index (χ0v) is 9.47. The predicted octanol–water partition coefficient (Wildman–Crippen LogP) is 3.74. The van der Waals surface area contributed by atoms with Crippen molar-refractivity contribution in [2.24, 2.45) is 0 Å². The van der Waals surface area contributed by atoms with Gasteiger partial charge in [0.15, 0.2) is 0 Å². The van der Waals surface area contributed by atoms with Crippen molar-refractivity contribution in [3.63, 3.8) is 0 Å². The average Bonchev–Trinajstić information content (AvgIpc) is 2.18. The SMILES string of the molecule is CCCCOc1ccc(CC)c(C)c1. The van der Waals surface area contributed by atoms with E-state index < -0.39 is 0 Å². The van der Waals surface area contributed by atoms with Crippen LogP contribution in [0.3, 0.4) is 0 Å². The lowest BCUT2D eigenvalue weighted by molar-refractivity contribution is 0.309. The van der Waals surface area contributed by atoms with Gasteiger partial charge in [-0.05, 0) is 43.0 Å². The van der Waals surface area contributed by atoms with Crippen LogP contribution >= 0.6 is 0 Å². The first-order valence-corrected chi connectivity index (χ1v) is 5.50. The third-order valence-electron chi connectivity index (χ3n) is 2.46. The maximum atomic E-state index is 5.63. The van der Waals surface area contributed by atoms with Gasteiger partial charge < -0.3 is 4.74 Å². The van der Waals surface area contributed by atoms with E-state index in [9.17, 15) is 0 Å². The molecule has 78 valence electrons. The highest BCUT2D eigenvalue weighted by Gasteiger charge is 1.98. The van der Waals surface area contributed by atoms with Crippen LogP contribution in [-0.4, -0.2) is 6.61 Å². The summed E-state index contributed by atoms with van der Waals surface area (Å²) in [4.78, 5) is 0. The molecule has 0 saturated heterocycles. The van der Waals surface area contributed by atoms with E-state index in [4.69, 9.17) is 4.74 Å². The van der Waals surface area contributed by atoms with Gasteiger partial charge in [-0.15, -0.1) is 0 Å². The van der Waals surface area contributed by atoms with Crippen LogP contribution in [0.4, 0.5) is 0 Å². The maximum Gasteiger partial charge on any atom is 0.119 e. The van der Waals surface area contributed by atoms with Gasteiger partial charge >= 0.3 is 0 Å². The van der Waals surface area contributed by atoms with E-state index >= 15 is 0 Å². The molecule has 0 N–H and O–H groups in total. The van der Waals surface area contributed by atoms with Crippen molar-refractivity contribution >= 4 is 0 Å². The number of unbranched alkanes of at least 4 members (excludes halogenated alkanes) is 1. The van der Waals surface area contributed by atoms with Crippen molar-refractivity contribution in [2.75, 3.05) is 6.61 Å². The van der Waals surface area contributed by atoms with Crippen LogP contribution in [0.25, 0.3) is 0 Å². The van der Waals surface area contributed by atoms with Gasteiger partial charge in [-0.3, -0.25) is 0 Å². The van der Waals surface area contributed by atoms with Crippen molar-refractivity contribution in [3.05, 3.63) is 29.3 Å². The summed E-state index contributed by atoms with van der Waals surface area (Å²) in [6, 6.07) is 6.37. The van der Waals surface area contributed by atoms with Crippen LogP contribution in [0.2, 0.25) is 0 Å². The Morgan fingerprint density at radius 3 is 2.57 bits per heavy atom. The molecule has 1 nitrogen and oxygen atoms in total. The van der Waals surface area contributed by atoms with Crippen LogP contribution in [-0.2, 0) is 6.42 Å². The highest BCUT2D eigenvalue weighted by atomic mass is 16.5. The Morgan fingerprint density at radius 1 is 1.21 bits per heavy atom. The third kappa shape index (κ3) is 3.06. The van der Waals surface area contributed by atoms with E-state index in [-0.39, 0.29) is 0 Å². The first kappa shape index (κ1) is 11.1. The van der Waals surface area contributed by atoms with E-state index in [0.29, 0.717) is 0 Å². The molecule has 0 heterocycles. The van der Waals surface area contributed by atoms with Crippen molar-refractivity contribution in [3.8, 4) is 5.75 Å². The smallest absolute Gasteiger partial charge is 0.119 e. The number of benzene rings is 1. The van der Waals surface area contributed by atoms with E-state index in [1.807, 2.05) is 0 Å². The number of hydrogen-bond acceptors (Lipinski definition) is 1. The highest BCUT2D eigenvalue weighted by molar-refractivity contribution is 5.34. The van der Waals surface area contributed by atoms with Crippen LogP contribution < -0.4 is 4.74 Å². The van der Waals surface area contributed by atoms with Gasteiger partial charge in [-0.25, -0.2) is 0 Å². The Labute approximate surface area is 87.1 Å². The second kappa shape index (κ2) is 5.69. The molecule has 1 aromatic carbocycles. The lowest BCUT2D eigenvalue weighted by Crippen LogP contribution is -1.97. The average molecular weight is 192 g/mol. The predicted molar refractivity (Wildman–Crippen MR) is 61.0 cm³/mol. The summed E-state index contributed by atoms with van der Waals surface area (Å²) in [5.74, 6) is 1.01. The fourth-order valence-electron chi connectivity index (χ4n) is 1.49. The van der Waals surface area contributed by atoms with Gasteiger partial charge in [0.2, 0.25) is 0 Å². The van der Waals surface area contributed by atoms with Crippen LogP contribution in [0.15, 0.2) is 18.2 Å². The summed E-state index contributed by atoms with van der Waals surface area (Å²) < 4.78 is 5.63. The molecule has 0 aromatic heterocycles. The normalized spacial score (nSPS) is 10.2. The first-order valence-electron chi connectivity index (χ1n) is 5.50. The lowest BCUT2D eigenvalue weighted by atomic mass is 10.1. The number of hydrogen-bond donors (Lipinski definition) is 0. The summed E-state index contributed by atoms with van der Waals surface area (Å²) in [5.41, 5.74) is 2.74. The summed E-state index contributed by atoms with van der Waals surface area (Å²) in [5, 5.41) is 0. The van der Waals surface area contributed by atoms with Gasteiger partial charge in [-0.2, -0.15) is 0 Å². The second-order valence-corrected chi connectivity index (χ2v) is 3.64. The van der Waals surface area contributed by atoms with Gasteiger partial charge in [0.05, 0.1) is 6.61 Å². The van der Waals surface area contributed by atoms with Crippen LogP contribution in [0.5, 0.6) is 5.75 Å². The maximum absolute atomic E-state index is 5.63. The standard InChI is InChI=1S/C13H20O/c1-4-6-9-14-13-8-7-12(5-2)11(3)10-13/h7-8,10H,4-6,9H2,1-3H3. The fourth-order valence-corrected chi connectivity index (χ4v) is 1.49. The van der Waals surface area contributed by atoms with Crippen molar-refractivity contribution in [1.82, 2.24) is 0 Å². The largest absolute Gasteiger partial charge is 0.494 e. The Morgan fingerprint density at radius 2 is 2.00 bits per heavy atom. The second-order valence-electron chi connectivity index (χ2n) is 3.64. The van der Waals surface area contributed by atoms with Crippen LogP contribution in [0.1, 0.15) is 37.8 Å². The number of aryl methyl sites for hydroxylation is 2. The minimum Gasteiger partial charge on any atom is -0.494 e. The summed E-state index contributed by atoms with van der Waals surface area (Å²) in [6.45, 7) is 7.33. The van der Waals surface area contributed by atoms with Crippen LogP contribution in [0, 0.1) is 6.92 Å². The molecule has 1 aromatic rings. The molecule has 0 aliphatic rings. The van der Waals surface area contributed by atoms with Crippen molar-refractivity contribution < 1.29 is 4.74 Å². The Bertz CT molecular complexity index is 279. The minimum absolute atomic E-state index is 0.835. The molecule has 0 aliphatic carbocycles. The van der Waals surface area contributed by atoms with Gasteiger partial charge in [-0.1, -0.05) is 26.3 Å². The molecule has 0 unspecified atom stereocenters. The van der Waals surface area contributed by atoms with E-state index in [0.717, 1.165) is 25.2 Å². The molecule has 0 atom stereocenters. The van der Waals surface area contributed by atoms with Gasteiger partial charge in [0.1, 0.15) is 5.75 Å². The van der Waals surface area contributed by atoms with Crippen molar-refractivity contribution in [1.29, 1.82) is 0 Å². The summed E-state index contributed by atoms with van der Waals surface area (Å²) >= 11 is 0.